The molecule has 3 aromatic rings. The quantitative estimate of drug-likeness (QED) is 0.654. The fourth-order valence-electron chi connectivity index (χ4n) is 4.23. The van der Waals surface area contributed by atoms with Gasteiger partial charge in [0.25, 0.3) is 11.5 Å². The summed E-state index contributed by atoms with van der Waals surface area (Å²) in [4.78, 5) is 30.7. The molecule has 1 amide bonds. The van der Waals surface area contributed by atoms with Gasteiger partial charge in [0.2, 0.25) is 0 Å². The maximum Gasteiger partial charge on any atom is 0.261 e. The van der Waals surface area contributed by atoms with Crippen molar-refractivity contribution < 1.29 is 9.53 Å². The van der Waals surface area contributed by atoms with Crippen molar-refractivity contribution in [1.82, 2.24) is 9.88 Å². The molecular weight excluding hydrogens is 376 g/mol. The van der Waals surface area contributed by atoms with Gasteiger partial charge in [0, 0.05) is 17.1 Å². The van der Waals surface area contributed by atoms with Crippen LogP contribution in [0.1, 0.15) is 43.2 Å². The van der Waals surface area contributed by atoms with Crippen molar-refractivity contribution in [3.8, 4) is 5.75 Å². The number of fused-ring (bicyclic) bond motifs is 1. The van der Waals surface area contributed by atoms with Crippen LogP contribution in [0.5, 0.6) is 5.75 Å². The van der Waals surface area contributed by atoms with Gasteiger partial charge >= 0.3 is 0 Å². The van der Waals surface area contributed by atoms with E-state index in [0.717, 1.165) is 42.1 Å². The summed E-state index contributed by atoms with van der Waals surface area (Å²) in [6, 6.07) is 17.4. The Morgan fingerprint density at radius 3 is 2.60 bits per heavy atom. The predicted molar refractivity (Wildman–Crippen MR) is 119 cm³/mol. The number of hydrogen-bond acceptors (Lipinski definition) is 3. The number of rotatable bonds is 6. The van der Waals surface area contributed by atoms with E-state index in [1.54, 1.807) is 0 Å². The van der Waals surface area contributed by atoms with Crippen molar-refractivity contribution in [2.24, 2.45) is 0 Å². The number of benzene rings is 2. The minimum Gasteiger partial charge on any atom is -0.484 e. The van der Waals surface area contributed by atoms with Gasteiger partial charge in [-0.05, 0) is 55.5 Å². The number of carbonyl (C=O) groups is 1. The summed E-state index contributed by atoms with van der Waals surface area (Å²) >= 11 is 0. The SMILES string of the molecule is Cc1ccc2[nH]c(=O)c(CN(C(=O)COc3ccccc3)C3CCCCC3)cc2c1. The monoisotopic (exact) mass is 404 g/mol. The Morgan fingerprint density at radius 2 is 1.83 bits per heavy atom. The lowest BCUT2D eigenvalue weighted by Crippen LogP contribution is -2.44. The Hall–Kier alpha value is -3.08. The van der Waals surface area contributed by atoms with E-state index in [2.05, 4.69) is 11.1 Å². The van der Waals surface area contributed by atoms with Gasteiger partial charge in [-0.15, -0.1) is 0 Å². The molecule has 1 heterocycles. The topological polar surface area (TPSA) is 62.4 Å². The molecule has 0 bridgehead atoms. The number of amides is 1. The van der Waals surface area contributed by atoms with Crippen LogP contribution in [0.2, 0.25) is 0 Å². The average molecular weight is 405 g/mol. The molecular formula is C25H28N2O3. The number of aromatic nitrogens is 1. The average Bonchev–Trinajstić information content (AvgIpc) is 2.77. The third kappa shape index (κ3) is 4.73. The van der Waals surface area contributed by atoms with Crippen LogP contribution in [-0.2, 0) is 11.3 Å². The summed E-state index contributed by atoms with van der Waals surface area (Å²) in [6.45, 7) is 2.31. The number of H-pyrrole nitrogens is 1. The lowest BCUT2D eigenvalue weighted by Gasteiger charge is -2.34. The van der Waals surface area contributed by atoms with Gasteiger partial charge < -0.3 is 14.6 Å². The van der Waals surface area contributed by atoms with Gasteiger partial charge in [0.1, 0.15) is 5.75 Å². The molecule has 0 aliphatic heterocycles. The van der Waals surface area contributed by atoms with Crippen LogP contribution in [0.15, 0.2) is 59.4 Å². The molecule has 0 radical (unpaired) electrons. The van der Waals surface area contributed by atoms with E-state index in [9.17, 15) is 9.59 Å². The second-order valence-electron chi connectivity index (χ2n) is 8.13. The minimum absolute atomic E-state index is 0.0227. The molecule has 1 saturated carbocycles. The number of aryl methyl sites for hydroxylation is 1. The third-order valence-corrected chi connectivity index (χ3v) is 5.86. The van der Waals surface area contributed by atoms with Crippen LogP contribution in [0.3, 0.4) is 0 Å². The zero-order valence-electron chi connectivity index (χ0n) is 17.4. The Kier molecular flexibility index (Phi) is 6.17. The fraction of sp³-hybridized carbons (Fsp3) is 0.360. The first-order valence-corrected chi connectivity index (χ1v) is 10.7. The van der Waals surface area contributed by atoms with Gasteiger partial charge in [-0.3, -0.25) is 9.59 Å². The molecule has 0 saturated heterocycles. The molecule has 5 nitrogen and oxygen atoms in total. The second kappa shape index (κ2) is 9.16. The van der Waals surface area contributed by atoms with Crippen molar-refractivity contribution >= 4 is 16.8 Å². The van der Waals surface area contributed by atoms with Gasteiger partial charge in [0.15, 0.2) is 6.61 Å². The molecule has 1 fully saturated rings. The maximum absolute atomic E-state index is 13.1. The number of carbonyl (C=O) groups excluding carboxylic acids is 1. The van der Waals surface area contributed by atoms with E-state index >= 15 is 0 Å². The summed E-state index contributed by atoms with van der Waals surface area (Å²) in [7, 11) is 0. The van der Waals surface area contributed by atoms with Crippen molar-refractivity contribution in [2.45, 2.75) is 51.6 Å². The highest BCUT2D eigenvalue weighted by Crippen LogP contribution is 2.25. The zero-order valence-corrected chi connectivity index (χ0v) is 17.4. The van der Waals surface area contributed by atoms with E-state index < -0.39 is 0 Å². The highest BCUT2D eigenvalue weighted by Gasteiger charge is 2.26. The van der Waals surface area contributed by atoms with Crippen LogP contribution in [0, 0.1) is 6.92 Å². The molecule has 0 atom stereocenters. The van der Waals surface area contributed by atoms with Gasteiger partial charge in [-0.2, -0.15) is 0 Å². The van der Waals surface area contributed by atoms with E-state index in [1.807, 2.05) is 60.4 Å². The van der Waals surface area contributed by atoms with E-state index in [-0.39, 0.29) is 24.1 Å². The molecule has 30 heavy (non-hydrogen) atoms. The van der Waals surface area contributed by atoms with Crippen LogP contribution < -0.4 is 10.3 Å². The van der Waals surface area contributed by atoms with E-state index in [0.29, 0.717) is 17.9 Å². The smallest absolute Gasteiger partial charge is 0.261 e. The highest BCUT2D eigenvalue weighted by atomic mass is 16.5. The van der Waals surface area contributed by atoms with Crippen LogP contribution >= 0.6 is 0 Å². The van der Waals surface area contributed by atoms with E-state index in [4.69, 9.17) is 4.74 Å². The largest absolute Gasteiger partial charge is 0.484 e. The van der Waals surface area contributed by atoms with E-state index in [1.165, 1.54) is 6.42 Å². The van der Waals surface area contributed by atoms with Crippen LogP contribution in [0.4, 0.5) is 0 Å². The number of pyridine rings is 1. The Balaban J connectivity index is 1.58. The number of para-hydroxylation sites is 1. The van der Waals surface area contributed by atoms with Gasteiger partial charge in [-0.25, -0.2) is 0 Å². The second-order valence-corrected chi connectivity index (χ2v) is 8.13. The zero-order chi connectivity index (χ0) is 20.9. The van der Waals surface area contributed by atoms with Gasteiger partial charge in [-0.1, -0.05) is 49.1 Å². The third-order valence-electron chi connectivity index (χ3n) is 5.86. The Labute approximate surface area is 176 Å². The standard InChI is InChI=1S/C25H28N2O3/c1-18-12-13-23-19(14-18)15-20(25(29)26-23)16-27(21-8-4-2-5-9-21)24(28)17-30-22-10-6-3-7-11-22/h3,6-7,10-15,21H,2,4-5,8-9,16-17H2,1H3,(H,26,29). The molecule has 4 rings (SSSR count). The molecule has 0 unspecified atom stereocenters. The summed E-state index contributed by atoms with van der Waals surface area (Å²) in [5.74, 6) is 0.600. The maximum atomic E-state index is 13.1. The molecule has 1 aliphatic rings. The normalized spacial score (nSPS) is 14.6. The summed E-state index contributed by atoms with van der Waals surface area (Å²) in [6.07, 6.45) is 5.38. The van der Waals surface area contributed by atoms with Crippen molar-refractivity contribution in [3.05, 3.63) is 76.1 Å². The van der Waals surface area contributed by atoms with Gasteiger partial charge in [0.05, 0.1) is 6.54 Å². The number of aromatic amines is 1. The first-order chi connectivity index (χ1) is 14.6. The molecule has 2 aromatic carbocycles. The predicted octanol–water partition coefficient (Wildman–Crippen LogP) is 4.58. The highest BCUT2D eigenvalue weighted by molar-refractivity contribution is 5.80. The molecule has 1 aromatic heterocycles. The molecule has 1 N–H and O–H groups in total. The lowest BCUT2D eigenvalue weighted by molar-refractivity contribution is -0.137. The summed E-state index contributed by atoms with van der Waals surface area (Å²) in [5.41, 5.74) is 2.44. The molecule has 156 valence electrons. The summed E-state index contributed by atoms with van der Waals surface area (Å²) in [5, 5.41) is 0.987. The number of hydrogen-bond donors (Lipinski definition) is 1. The lowest BCUT2D eigenvalue weighted by atomic mass is 9.93. The molecule has 0 spiro atoms. The minimum atomic E-state index is -0.135. The number of nitrogens with zero attached hydrogens (tertiary/aromatic N) is 1. The fourth-order valence-corrected chi connectivity index (χ4v) is 4.23. The van der Waals surface area contributed by atoms with Crippen molar-refractivity contribution in [3.63, 3.8) is 0 Å². The first kappa shape index (κ1) is 20.2. The van der Waals surface area contributed by atoms with Crippen molar-refractivity contribution in [2.75, 3.05) is 6.61 Å². The molecule has 5 heteroatoms. The van der Waals surface area contributed by atoms with Crippen LogP contribution in [-0.4, -0.2) is 28.4 Å². The van der Waals surface area contributed by atoms with Crippen molar-refractivity contribution in [1.29, 1.82) is 0 Å². The summed E-state index contributed by atoms with van der Waals surface area (Å²) < 4.78 is 5.72. The Bertz CT molecular complexity index is 1070. The first-order valence-electron chi connectivity index (χ1n) is 10.7. The Morgan fingerprint density at radius 1 is 1.07 bits per heavy atom. The van der Waals surface area contributed by atoms with Crippen LogP contribution in [0.25, 0.3) is 10.9 Å². The molecule has 1 aliphatic carbocycles. The number of ether oxygens (including phenoxy) is 1. The number of nitrogens with one attached hydrogen (secondary N) is 1.